The second-order valence-corrected chi connectivity index (χ2v) is 5.80. The Balaban J connectivity index is 1.71. The first-order valence-corrected chi connectivity index (χ1v) is 7.33. The SMILES string of the molecule is Cc1ccc(CNC(=S)NC2CCN(C)CC2)cc1. The Kier molecular flexibility index (Phi) is 5.16. The van der Waals surface area contributed by atoms with Gasteiger partial charge in [-0.2, -0.15) is 0 Å². The van der Waals surface area contributed by atoms with E-state index in [1.165, 1.54) is 24.0 Å². The molecule has 0 radical (unpaired) electrons. The van der Waals surface area contributed by atoms with Crippen molar-refractivity contribution < 1.29 is 0 Å². The number of hydrogen-bond donors (Lipinski definition) is 2. The van der Waals surface area contributed by atoms with Crippen molar-refractivity contribution in [1.29, 1.82) is 0 Å². The highest BCUT2D eigenvalue weighted by Gasteiger charge is 2.16. The molecule has 4 heteroatoms. The monoisotopic (exact) mass is 277 g/mol. The summed E-state index contributed by atoms with van der Waals surface area (Å²) in [5, 5.41) is 7.47. The van der Waals surface area contributed by atoms with Gasteiger partial charge in [-0.25, -0.2) is 0 Å². The molecular weight excluding hydrogens is 254 g/mol. The molecule has 0 atom stereocenters. The van der Waals surface area contributed by atoms with Crippen LogP contribution in [0.4, 0.5) is 0 Å². The zero-order valence-corrected chi connectivity index (χ0v) is 12.6. The highest BCUT2D eigenvalue weighted by atomic mass is 32.1. The van der Waals surface area contributed by atoms with E-state index in [0.717, 1.165) is 24.7 Å². The number of nitrogens with one attached hydrogen (secondary N) is 2. The van der Waals surface area contributed by atoms with Gasteiger partial charge >= 0.3 is 0 Å². The molecule has 2 N–H and O–H groups in total. The molecule has 0 aromatic heterocycles. The number of likely N-dealkylation sites (tertiary alicyclic amines) is 1. The molecule has 2 rings (SSSR count). The summed E-state index contributed by atoms with van der Waals surface area (Å²) in [6.07, 6.45) is 2.34. The van der Waals surface area contributed by atoms with Crippen LogP contribution in [0.15, 0.2) is 24.3 Å². The third kappa shape index (κ3) is 4.80. The summed E-state index contributed by atoms with van der Waals surface area (Å²) in [7, 11) is 2.17. The van der Waals surface area contributed by atoms with Gasteiger partial charge in [-0.1, -0.05) is 29.8 Å². The quantitative estimate of drug-likeness (QED) is 0.827. The zero-order chi connectivity index (χ0) is 13.7. The lowest BCUT2D eigenvalue weighted by atomic mass is 10.1. The van der Waals surface area contributed by atoms with Crippen LogP contribution in [-0.2, 0) is 6.54 Å². The topological polar surface area (TPSA) is 27.3 Å². The van der Waals surface area contributed by atoms with Crippen LogP contribution in [0.25, 0.3) is 0 Å². The van der Waals surface area contributed by atoms with Crippen LogP contribution in [-0.4, -0.2) is 36.2 Å². The van der Waals surface area contributed by atoms with E-state index in [1.54, 1.807) is 0 Å². The van der Waals surface area contributed by atoms with Gasteiger partial charge in [-0.15, -0.1) is 0 Å². The van der Waals surface area contributed by atoms with Crippen molar-refractivity contribution in [3.8, 4) is 0 Å². The molecule has 0 bridgehead atoms. The molecule has 1 heterocycles. The van der Waals surface area contributed by atoms with Crippen LogP contribution in [0.2, 0.25) is 0 Å². The van der Waals surface area contributed by atoms with Crippen molar-refractivity contribution in [1.82, 2.24) is 15.5 Å². The summed E-state index contributed by atoms with van der Waals surface area (Å²) in [6, 6.07) is 9.06. The number of hydrogen-bond acceptors (Lipinski definition) is 2. The molecule has 1 aromatic rings. The van der Waals surface area contributed by atoms with Gasteiger partial charge in [-0.05, 0) is 57.7 Å². The summed E-state index contributed by atoms with van der Waals surface area (Å²) >= 11 is 5.35. The Morgan fingerprint density at radius 3 is 2.53 bits per heavy atom. The highest BCUT2D eigenvalue weighted by molar-refractivity contribution is 7.80. The Morgan fingerprint density at radius 2 is 1.89 bits per heavy atom. The van der Waals surface area contributed by atoms with Crippen LogP contribution in [0.1, 0.15) is 24.0 Å². The van der Waals surface area contributed by atoms with E-state index in [2.05, 4.69) is 53.8 Å². The lowest BCUT2D eigenvalue weighted by Crippen LogP contribution is -2.46. The van der Waals surface area contributed by atoms with Gasteiger partial charge in [0.25, 0.3) is 0 Å². The van der Waals surface area contributed by atoms with Crippen LogP contribution >= 0.6 is 12.2 Å². The van der Waals surface area contributed by atoms with Crippen LogP contribution in [0.5, 0.6) is 0 Å². The molecule has 1 aromatic carbocycles. The van der Waals surface area contributed by atoms with Gasteiger partial charge < -0.3 is 15.5 Å². The molecule has 104 valence electrons. The van der Waals surface area contributed by atoms with Crippen molar-refractivity contribution >= 4 is 17.3 Å². The first kappa shape index (κ1) is 14.3. The lowest BCUT2D eigenvalue weighted by Gasteiger charge is -2.30. The zero-order valence-electron chi connectivity index (χ0n) is 11.8. The maximum Gasteiger partial charge on any atom is 0.166 e. The average Bonchev–Trinajstić information content (AvgIpc) is 2.41. The Labute approximate surface area is 121 Å². The highest BCUT2D eigenvalue weighted by Crippen LogP contribution is 2.08. The van der Waals surface area contributed by atoms with E-state index < -0.39 is 0 Å². The van der Waals surface area contributed by atoms with Crippen molar-refractivity contribution in [2.45, 2.75) is 32.4 Å². The van der Waals surface area contributed by atoms with Gasteiger partial charge in [0.05, 0.1) is 0 Å². The number of thiocarbonyl (C=S) groups is 1. The fraction of sp³-hybridized carbons (Fsp3) is 0.533. The maximum atomic E-state index is 5.35. The Bertz CT molecular complexity index is 408. The number of piperidine rings is 1. The van der Waals surface area contributed by atoms with Gasteiger partial charge in [-0.3, -0.25) is 0 Å². The molecule has 1 fully saturated rings. The maximum absolute atomic E-state index is 5.35. The molecule has 1 aliphatic heterocycles. The summed E-state index contributed by atoms with van der Waals surface area (Å²) in [4.78, 5) is 2.36. The standard InChI is InChI=1S/C15H23N3S/c1-12-3-5-13(6-4-12)11-16-15(19)17-14-7-9-18(2)10-8-14/h3-6,14H,7-11H2,1-2H3,(H2,16,17,19). The van der Waals surface area contributed by atoms with Crippen molar-refractivity contribution in [2.24, 2.45) is 0 Å². The molecule has 0 spiro atoms. The number of benzene rings is 1. The predicted molar refractivity (Wildman–Crippen MR) is 84.3 cm³/mol. The van der Waals surface area contributed by atoms with Gasteiger partial charge in [0.2, 0.25) is 0 Å². The summed E-state index contributed by atoms with van der Waals surface area (Å²) in [5.41, 5.74) is 2.55. The third-order valence-corrected chi connectivity index (χ3v) is 3.89. The lowest BCUT2D eigenvalue weighted by molar-refractivity contribution is 0.246. The number of nitrogens with zero attached hydrogens (tertiary/aromatic N) is 1. The third-order valence-electron chi connectivity index (χ3n) is 3.63. The Morgan fingerprint density at radius 1 is 1.26 bits per heavy atom. The second-order valence-electron chi connectivity index (χ2n) is 5.39. The first-order valence-electron chi connectivity index (χ1n) is 6.92. The van der Waals surface area contributed by atoms with E-state index in [-0.39, 0.29) is 0 Å². The van der Waals surface area contributed by atoms with E-state index in [9.17, 15) is 0 Å². The second kappa shape index (κ2) is 6.87. The fourth-order valence-corrected chi connectivity index (χ4v) is 2.52. The van der Waals surface area contributed by atoms with E-state index in [1.807, 2.05) is 0 Å². The van der Waals surface area contributed by atoms with Crippen LogP contribution < -0.4 is 10.6 Å². The Hall–Kier alpha value is -1.13. The number of aryl methyl sites for hydroxylation is 1. The van der Waals surface area contributed by atoms with Gasteiger partial charge in [0, 0.05) is 12.6 Å². The molecule has 0 saturated carbocycles. The van der Waals surface area contributed by atoms with Crippen molar-refractivity contribution in [3.05, 3.63) is 35.4 Å². The normalized spacial score (nSPS) is 17.2. The number of rotatable bonds is 3. The average molecular weight is 277 g/mol. The molecule has 3 nitrogen and oxygen atoms in total. The molecule has 19 heavy (non-hydrogen) atoms. The minimum atomic E-state index is 0.522. The van der Waals surface area contributed by atoms with E-state index in [4.69, 9.17) is 12.2 Å². The minimum Gasteiger partial charge on any atom is -0.360 e. The van der Waals surface area contributed by atoms with E-state index in [0.29, 0.717) is 6.04 Å². The predicted octanol–water partition coefficient (Wildman–Crippen LogP) is 2.05. The molecule has 0 unspecified atom stereocenters. The molecular formula is C15H23N3S. The molecule has 1 aliphatic rings. The summed E-state index contributed by atoms with van der Waals surface area (Å²) < 4.78 is 0. The summed E-state index contributed by atoms with van der Waals surface area (Å²) in [5.74, 6) is 0. The minimum absolute atomic E-state index is 0.522. The summed E-state index contributed by atoms with van der Waals surface area (Å²) in [6.45, 7) is 5.19. The molecule has 1 saturated heterocycles. The smallest absolute Gasteiger partial charge is 0.166 e. The first-order chi connectivity index (χ1) is 9.13. The van der Waals surface area contributed by atoms with Crippen LogP contribution in [0.3, 0.4) is 0 Å². The molecule has 0 aliphatic carbocycles. The van der Waals surface area contributed by atoms with Crippen molar-refractivity contribution in [2.75, 3.05) is 20.1 Å². The van der Waals surface area contributed by atoms with Crippen LogP contribution in [0, 0.1) is 6.92 Å². The van der Waals surface area contributed by atoms with E-state index >= 15 is 0 Å². The van der Waals surface area contributed by atoms with Crippen molar-refractivity contribution in [3.63, 3.8) is 0 Å². The molecule has 0 amide bonds. The largest absolute Gasteiger partial charge is 0.360 e. The fourth-order valence-electron chi connectivity index (χ4n) is 2.28. The van der Waals surface area contributed by atoms with Gasteiger partial charge in [0.1, 0.15) is 0 Å². The van der Waals surface area contributed by atoms with Gasteiger partial charge in [0.15, 0.2) is 5.11 Å².